The van der Waals surface area contributed by atoms with Crippen molar-refractivity contribution in [2.24, 2.45) is 0 Å². The number of para-hydroxylation sites is 1. The third kappa shape index (κ3) is 3.81. The first kappa shape index (κ1) is 15.5. The van der Waals surface area contributed by atoms with Gasteiger partial charge in [0.05, 0.1) is 13.7 Å². The van der Waals surface area contributed by atoms with Gasteiger partial charge in [0, 0.05) is 6.54 Å². The van der Waals surface area contributed by atoms with Crippen LogP contribution in [0.2, 0.25) is 0 Å². The maximum Gasteiger partial charge on any atom is 0.244 e. The molecule has 0 bridgehead atoms. The summed E-state index contributed by atoms with van der Waals surface area (Å²) >= 11 is 0. The second-order valence-corrected chi connectivity index (χ2v) is 6.19. The number of aliphatic hydroxyl groups excluding tert-OH is 1. The lowest BCUT2D eigenvalue weighted by molar-refractivity contribution is 0.281. The summed E-state index contributed by atoms with van der Waals surface area (Å²) < 4.78 is 32.2. The Hall–Kier alpha value is -1.89. The molecular formula is C15H17NO4S. The van der Waals surface area contributed by atoms with Crippen LogP contribution in [-0.2, 0) is 23.2 Å². The van der Waals surface area contributed by atoms with Crippen LogP contribution in [0.25, 0.3) is 0 Å². The number of hydrogen-bond donors (Lipinski definition) is 2. The fourth-order valence-electron chi connectivity index (χ4n) is 1.93. The molecule has 0 saturated heterocycles. The van der Waals surface area contributed by atoms with E-state index in [0.717, 1.165) is 11.1 Å². The van der Waals surface area contributed by atoms with Gasteiger partial charge in [0.25, 0.3) is 0 Å². The molecule has 0 amide bonds. The predicted octanol–water partition coefficient (Wildman–Crippen LogP) is 1.67. The highest BCUT2D eigenvalue weighted by Crippen LogP contribution is 2.22. The van der Waals surface area contributed by atoms with Crippen molar-refractivity contribution in [2.75, 3.05) is 7.11 Å². The summed E-state index contributed by atoms with van der Waals surface area (Å²) in [6.07, 6.45) is 0. The Bertz CT molecular complexity index is 713. The molecule has 21 heavy (non-hydrogen) atoms. The molecular weight excluding hydrogens is 290 g/mol. The number of methoxy groups -OCH3 is 1. The summed E-state index contributed by atoms with van der Waals surface area (Å²) in [5.41, 5.74) is 1.52. The second kappa shape index (κ2) is 6.71. The minimum absolute atomic E-state index is 0.0763. The molecule has 2 N–H and O–H groups in total. The van der Waals surface area contributed by atoms with Crippen molar-refractivity contribution in [2.45, 2.75) is 18.0 Å². The van der Waals surface area contributed by atoms with Gasteiger partial charge in [-0.2, -0.15) is 0 Å². The fraction of sp³-hybridized carbons (Fsp3) is 0.200. The van der Waals surface area contributed by atoms with E-state index in [0.29, 0.717) is 5.75 Å². The Morgan fingerprint density at radius 2 is 1.81 bits per heavy atom. The summed E-state index contributed by atoms with van der Waals surface area (Å²) in [6.45, 7) is 0.0708. The van der Waals surface area contributed by atoms with Gasteiger partial charge in [0.2, 0.25) is 10.0 Å². The molecule has 0 unspecified atom stereocenters. The monoisotopic (exact) mass is 307 g/mol. The zero-order valence-corrected chi connectivity index (χ0v) is 12.4. The minimum Gasteiger partial charge on any atom is -0.495 e. The molecule has 2 rings (SSSR count). The van der Waals surface area contributed by atoms with E-state index in [-0.39, 0.29) is 18.0 Å². The van der Waals surface area contributed by atoms with Crippen LogP contribution in [0.5, 0.6) is 5.75 Å². The molecule has 0 radical (unpaired) electrons. The van der Waals surface area contributed by atoms with Gasteiger partial charge < -0.3 is 9.84 Å². The highest BCUT2D eigenvalue weighted by Gasteiger charge is 2.18. The molecule has 0 aliphatic rings. The molecule has 0 saturated carbocycles. The van der Waals surface area contributed by atoms with Crippen LogP contribution in [-0.4, -0.2) is 20.6 Å². The molecule has 0 aromatic heterocycles. The zero-order valence-electron chi connectivity index (χ0n) is 11.6. The minimum atomic E-state index is -3.66. The van der Waals surface area contributed by atoms with Gasteiger partial charge in [-0.25, -0.2) is 13.1 Å². The number of ether oxygens (including phenoxy) is 1. The van der Waals surface area contributed by atoms with Crippen LogP contribution in [0.15, 0.2) is 53.4 Å². The van der Waals surface area contributed by atoms with Crippen LogP contribution >= 0.6 is 0 Å². The van der Waals surface area contributed by atoms with E-state index in [1.165, 1.54) is 13.2 Å². The van der Waals surface area contributed by atoms with E-state index in [1.807, 2.05) is 0 Å². The van der Waals surface area contributed by atoms with Crippen molar-refractivity contribution in [3.8, 4) is 5.75 Å². The topological polar surface area (TPSA) is 75.6 Å². The average molecular weight is 307 g/mol. The largest absolute Gasteiger partial charge is 0.495 e. The summed E-state index contributed by atoms with van der Waals surface area (Å²) in [4.78, 5) is 0.103. The first-order valence-electron chi connectivity index (χ1n) is 6.38. The Labute approximate surface area is 124 Å². The predicted molar refractivity (Wildman–Crippen MR) is 79.4 cm³/mol. The van der Waals surface area contributed by atoms with E-state index in [1.54, 1.807) is 42.5 Å². The molecule has 0 aliphatic heterocycles. The molecule has 112 valence electrons. The fourth-order valence-corrected chi connectivity index (χ4v) is 3.12. The van der Waals surface area contributed by atoms with Crippen molar-refractivity contribution in [1.29, 1.82) is 0 Å². The molecule has 2 aromatic rings. The van der Waals surface area contributed by atoms with E-state index < -0.39 is 10.0 Å². The van der Waals surface area contributed by atoms with E-state index >= 15 is 0 Å². The third-order valence-electron chi connectivity index (χ3n) is 3.00. The number of rotatable bonds is 6. The van der Waals surface area contributed by atoms with Gasteiger partial charge in [-0.3, -0.25) is 0 Å². The molecule has 0 fully saturated rings. The van der Waals surface area contributed by atoms with Crippen LogP contribution in [0.1, 0.15) is 11.1 Å². The van der Waals surface area contributed by atoms with Crippen molar-refractivity contribution in [3.63, 3.8) is 0 Å². The summed E-state index contributed by atoms with van der Waals surface area (Å²) in [5, 5.41) is 9.08. The number of hydrogen-bond acceptors (Lipinski definition) is 4. The number of benzene rings is 2. The van der Waals surface area contributed by atoms with E-state index in [2.05, 4.69) is 4.72 Å². The van der Waals surface area contributed by atoms with Crippen molar-refractivity contribution in [3.05, 3.63) is 59.7 Å². The number of aliphatic hydroxyl groups is 1. The van der Waals surface area contributed by atoms with Gasteiger partial charge in [-0.15, -0.1) is 0 Å². The second-order valence-electron chi connectivity index (χ2n) is 4.45. The summed E-state index contributed by atoms with van der Waals surface area (Å²) in [7, 11) is -2.23. The van der Waals surface area contributed by atoms with Gasteiger partial charge >= 0.3 is 0 Å². The Balaban J connectivity index is 2.18. The smallest absolute Gasteiger partial charge is 0.244 e. The van der Waals surface area contributed by atoms with Crippen molar-refractivity contribution in [1.82, 2.24) is 4.72 Å². The van der Waals surface area contributed by atoms with Crippen LogP contribution < -0.4 is 9.46 Å². The first-order valence-corrected chi connectivity index (χ1v) is 7.86. The normalized spacial score (nSPS) is 11.3. The molecule has 0 spiro atoms. The Morgan fingerprint density at radius 1 is 1.10 bits per heavy atom. The van der Waals surface area contributed by atoms with Crippen LogP contribution in [0.3, 0.4) is 0 Å². The molecule has 2 aromatic carbocycles. The standard InChI is InChI=1S/C15H17NO4S/c1-20-14-7-2-3-8-15(14)21(18,19)16-10-12-5-4-6-13(9-12)11-17/h2-9,16-17H,10-11H2,1H3. The quantitative estimate of drug-likeness (QED) is 0.851. The molecule has 6 heteroatoms. The highest BCUT2D eigenvalue weighted by atomic mass is 32.2. The third-order valence-corrected chi connectivity index (χ3v) is 4.44. The van der Waals surface area contributed by atoms with Crippen LogP contribution in [0.4, 0.5) is 0 Å². The van der Waals surface area contributed by atoms with Gasteiger partial charge in [-0.05, 0) is 23.3 Å². The number of nitrogens with one attached hydrogen (secondary N) is 1. The lowest BCUT2D eigenvalue weighted by Crippen LogP contribution is -2.23. The Kier molecular flexibility index (Phi) is 4.95. The zero-order chi connectivity index (χ0) is 15.3. The van der Waals surface area contributed by atoms with E-state index in [9.17, 15) is 8.42 Å². The maximum atomic E-state index is 12.3. The Morgan fingerprint density at radius 3 is 2.52 bits per heavy atom. The van der Waals surface area contributed by atoms with Gasteiger partial charge in [0.1, 0.15) is 10.6 Å². The lowest BCUT2D eigenvalue weighted by atomic mass is 10.1. The lowest BCUT2D eigenvalue weighted by Gasteiger charge is -2.11. The first-order chi connectivity index (χ1) is 10.1. The van der Waals surface area contributed by atoms with Crippen LogP contribution in [0, 0.1) is 0 Å². The number of sulfonamides is 1. The molecule has 0 atom stereocenters. The summed E-state index contributed by atoms with van der Waals surface area (Å²) in [5.74, 6) is 0.300. The molecule has 0 heterocycles. The highest BCUT2D eigenvalue weighted by molar-refractivity contribution is 7.89. The van der Waals surface area contributed by atoms with Crippen molar-refractivity contribution < 1.29 is 18.3 Å². The average Bonchev–Trinajstić information content (AvgIpc) is 2.53. The van der Waals surface area contributed by atoms with E-state index in [4.69, 9.17) is 9.84 Å². The molecule has 0 aliphatic carbocycles. The maximum absolute atomic E-state index is 12.3. The summed E-state index contributed by atoms with van der Waals surface area (Å²) in [6, 6.07) is 13.5. The SMILES string of the molecule is COc1ccccc1S(=O)(=O)NCc1cccc(CO)c1. The molecule has 5 nitrogen and oxygen atoms in total. The van der Waals surface area contributed by atoms with Gasteiger partial charge in [0.15, 0.2) is 0 Å². The van der Waals surface area contributed by atoms with Crippen molar-refractivity contribution >= 4 is 10.0 Å². The van der Waals surface area contributed by atoms with Gasteiger partial charge in [-0.1, -0.05) is 36.4 Å².